The molecule has 0 spiro atoms. The van der Waals surface area contributed by atoms with Gasteiger partial charge >= 0.3 is 0 Å². The van der Waals surface area contributed by atoms with Gasteiger partial charge in [-0.15, -0.1) is 12.4 Å². The summed E-state index contributed by atoms with van der Waals surface area (Å²) in [6, 6.07) is 5.32. The fourth-order valence-corrected chi connectivity index (χ4v) is 1.57. The van der Waals surface area contributed by atoms with E-state index in [9.17, 15) is 4.79 Å². The number of anilines is 1. The molecule has 0 aliphatic rings. The second kappa shape index (κ2) is 4.02. The summed E-state index contributed by atoms with van der Waals surface area (Å²) in [6.45, 7) is 0. The van der Waals surface area contributed by atoms with Gasteiger partial charge in [-0.3, -0.25) is 4.79 Å². The Balaban J connectivity index is 0.000000980. The van der Waals surface area contributed by atoms with Crippen LogP contribution in [-0.4, -0.2) is 4.98 Å². The Bertz CT molecular complexity index is 524. The van der Waals surface area contributed by atoms with Crippen molar-refractivity contribution in [1.29, 1.82) is 0 Å². The summed E-state index contributed by atoms with van der Waals surface area (Å²) >= 11 is 3.27. The van der Waals surface area contributed by atoms with Crippen LogP contribution < -0.4 is 11.3 Å². The molecule has 0 aliphatic carbocycles. The smallest absolute Gasteiger partial charge is 0.255 e. The minimum Gasteiger partial charge on any atom is -0.398 e. The maximum absolute atomic E-state index is 11.3. The van der Waals surface area contributed by atoms with Crippen molar-refractivity contribution in [3.63, 3.8) is 0 Å². The standard InChI is InChI=1S/C9H7BrN2O.ClH/c10-7-4-6-5(3-8(7)11)1-2-12-9(6)13;/h1-4H,11H2,(H,12,13);1H. The van der Waals surface area contributed by atoms with Crippen molar-refractivity contribution in [1.82, 2.24) is 4.98 Å². The molecule has 1 heterocycles. The number of hydrogen-bond donors (Lipinski definition) is 2. The molecule has 14 heavy (non-hydrogen) atoms. The zero-order valence-corrected chi connectivity index (χ0v) is 9.48. The Morgan fingerprint density at radius 1 is 1.36 bits per heavy atom. The molecule has 0 amide bonds. The topological polar surface area (TPSA) is 58.9 Å². The van der Waals surface area contributed by atoms with Crippen LogP contribution in [0.2, 0.25) is 0 Å². The lowest BCUT2D eigenvalue weighted by molar-refractivity contribution is 1.28. The third-order valence-electron chi connectivity index (χ3n) is 1.89. The third-order valence-corrected chi connectivity index (χ3v) is 2.58. The van der Waals surface area contributed by atoms with Crippen LogP contribution in [0.4, 0.5) is 5.69 Å². The number of benzene rings is 1. The maximum atomic E-state index is 11.3. The highest BCUT2D eigenvalue weighted by molar-refractivity contribution is 9.10. The summed E-state index contributed by atoms with van der Waals surface area (Å²) in [6.07, 6.45) is 1.61. The van der Waals surface area contributed by atoms with Gasteiger partial charge in [0, 0.05) is 21.7 Å². The molecule has 0 saturated heterocycles. The normalized spacial score (nSPS) is 9.79. The van der Waals surface area contributed by atoms with Crippen LogP contribution in [0, 0.1) is 0 Å². The van der Waals surface area contributed by atoms with Crippen molar-refractivity contribution in [3.8, 4) is 0 Å². The van der Waals surface area contributed by atoms with E-state index in [1.54, 1.807) is 18.3 Å². The van der Waals surface area contributed by atoms with Crippen molar-refractivity contribution >= 4 is 44.8 Å². The molecular weight excluding hydrogens is 267 g/mol. The highest BCUT2D eigenvalue weighted by atomic mass is 79.9. The number of halogens is 2. The number of aromatic nitrogens is 1. The third kappa shape index (κ3) is 1.76. The first-order valence-corrected chi connectivity index (χ1v) is 4.54. The number of rotatable bonds is 0. The van der Waals surface area contributed by atoms with E-state index in [1.807, 2.05) is 6.07 Å². The predicted octanol–water partition coefficient (Wildman–Crippen LogP) is 2.29. The van der Waals surface area contributed by atoms with E-state index in [0.29, 0.717) is 11.1 Å². The summed E-state index contributed by atoms with van der Waals surface area (Å²) in [5, 5.41) is 1.49. The highest BCUT2D eigenvalue weighted by Gasteiger charge is 2.01. The van der Waals surface area contributed by atoms with E-state index in [-0.39, 0.29) is 18.0 Å². The fraction of sp³-hybridized carbons (Fsp3) is 0. The summed E-state index contributed by atoms with van der Waals surface area (Å²) in [5.74, 6) is 0. The lowest BCUT2D eigenvalue weighted by atomic mass is 10.1. The summed E-state index contributed by atoms with van der Waals surface area (Å²) < 4.78 is 0.747. The molecule has 74 valence electrons. The van der Waals surface area contributed by atoms with Gasteiger partial charge < -0.3 is 10.7 Å². The van der Waals surface area contributed by atoms with E-state index < -0.39 is 0 Å². The number of nitrogens with two attached hydrogens (primary N) is 1. The number of nitrogen functional groups attached to an aromatic ring is 1. The van der Waals surface area contributed by atoms with Gasteiger partial charge in [-0.05, 0) is 39.5 Å². The van der Waals surface area contributed by atoms with Crippen molar-refractivity contribution in [2.24, 2.45) is 0 Å². The number of hydrogen-bond acceptors (Lipinski definition) is 2. The van der Waals surface area contributed by atoms with Crippen molar-refractivity contribution < 1.29 is 0 Å². The van der Waals surface area contributed by atoms with Crippen molar-refractivity contribution in [2.75, 3.05) is 5.73 Å². The zero-order valence-electron chi connectivity index (χ0n) is 7.08. The van der Waals surface area contributed by atoms with Gasteiger partial charge in [-0.1, -0.05) is 0 Å². The molecule has 0 aliphatic heterocycles. The molecule has 1 aromatic carbocycles. The Kier molecular flexibility index (Phi) is 3.18. The minimum atomic E-state index is -0.0989. The number of fused-ring (bicyclic) bond motifs is 1. The molecule has 0 saturated carbocycles. The predicted molar refractivity (Wildman–Crippen MR) is 63.9 cm³/mol. The van der Waals surface area contributed by atoms with Gasteiger partial charge in [-0.2, -0.15) is 0 Å². The van der Waals surface area contributed by atoms with Crippen LogP contribution in [0.5, 0.6) is 0 Å². The summed E-state index contributed by atoms with van der Waals surface area (Å²) in [5.41, 5.74) is 6.22. The van der Waals surface area contributed by atoms with Crippen LogP contribution in [0.15, 0.2) is 33.7 Å². The van der Waals surface area contributed by atoms with Gasteiger partial charge in [0.1, 0.15) is 0 Å². The van der Waals surface area contributed by atoms with Gasteiger partial charge in [0.2, 0.25) is 0 Å². The van der Waals surface area contributed by atoms with Gasteiger partial charge in [0.15, 0.2) is 0 Å². The SMILES string of the molecule is Cl.Nc1cc2cc[nH]c(=O)c2cc1Br. The molecule has 3 N–H and O–H groups in total. The Hall–Kier alpha value is -1.00. The molecule has 0 atom stereocenters. The summed E-state index contributed by atoms with van der Waals surface area (Å²) in [4.78, 5) is 13.9. The Labute approximate surface area is 94.9 Å². The molecule has 0 radical (unpaired) electrons. The van der Waals surface area contributed by atoms with E-state index in [1.165, 1.54) is 0 Å². The lowest BCUT2D eigenvalue weighted by Crippen LogP contribution is -2.04. The van der Waals surface area contributed by atoms with Crippen LogP contribution in [0.1, 0.15) is 0 Å². The second-order valence-electron chi connectivity index (χ2n) is 2.77. The van der Waals surface area contributed by atoms with Crippen molar-refractivity contribution in [2.45, 2.75) is 0 Å². The molecule has 2 rings (SSSR count). The van der Waals surface area contributed by atoms with E-state index in [2.05, 4.69) is 20.9 Å². The van der Waals surface area contributed by atoms with Crippen LogP contribution >= 0.6 is 28.3 Å². The number of aromatic amines is 1. The molecule has 0 bridgehead atoms. The second-order valence-corrected chi connectivity index (χ2v) is 3.62. The van der Waals surface area contributed by atoms with Crippen LogP contribution in [-0.2, 0) is 0 Å². The molecule has 5 heteroatoms. The molecule has 3 nitrogen and oxygen atoms in total. The maximum Gasteiger partial charge on any atom is 0.255 e. The van der Waals surface area contributed by atoms with E-state index in [4.69, 9.17) is 5.73 Å². The molecule has 0 fully saturated rings. The highest BCUT2D eigenvalue weighted by Crippen LogP contribution is 2.23. The number of nitrogens with one attached hydrogen (secondary N) is 1. The van der Waals surface area contributed by atoms with Gasteiger partial charge in [-0.25, -0.2) is 0 Å². The van der Waals surface area contributed by atoms with Crippen molar-refractivity contribution in [3.05, 3.63) is 39.2 Å². The molecule has 2 aromatic rings. The summed E-state index contributed by atoms with van der Waals surface area (Å²) in [7, 11) is 0. The molecule has 1 aromatic heterocycles. The minimum absolute atomic E-state index is 0. The first-order valence-electron chi connectivity index (χ1n) is 3.75. The first kappa shape index (κ1) is 11.1. The number of pyridine rings is 1. The largest absolute Gasteiger partial charge is 0.398 e. The van der Waals surface area contributed by atoms with E-state index in [0.717, 1.165) is 9.86 Å². The molecular formula is C9H8BrClN2O. The lowest BCUT2D eigenvalue weighted by Gasteiger charge is -2.00. The Morgan fingerprint density at radius 3 is 2.79 bits per heavy atom. The van der Waals surface area contributed by atoms with Crippen LogP contribution in [0.25, 0.3) is 10.8 Å². The van der Waals surface area contributed by atoms with Gasteiger partial charge in [0.25, 0.3) is 5.56 Å². The van der Waals surface area contributed by atoms with E-state index >= 15 is 0 Å². The van der Waals surface area contributed by atoms with Gasteiger partial charge in [0.05, 0.1) is 0 Å². The first-order chi connectivity index (χ1) is 6.18. The zero-order chi connectivity index (χ0) is 9.42. The average Bonchev–Trinajstić information content (AvgIpc) is 2.09. The fourth-order valence-electron chi connectivity index (χ4n) is 1.23. The average molecular weight is 276 g/mol. The quantitative estimate of drug-likeness (QED) is 0.725. The van der Waals surface area contributed by atoms with Crippen LogP contribution in [0.3, 0.4) is 0 Å². The monoisotopic (exact) mass is 274 g/mol. The number of H-pyrrole nitrogens is 1. The Morgan fingerprint density at radius 2 is 2.07 bits per heavy atom. The molecule has 0 unspecified atom stereocenters.